The van der Waals surface area contributed by atoms with E-state index in [0.717, 1.165) is 33.9 Å². The predicted molar refractivity (Wildman–Crippen MR) is 107 cm³/mol. The molecule has 7 heteroatoms. The maximum absolute atomic E-state index is 8.87. The van der Waals surface area contributed by atoms with Crippen molar-refractivity contribution >= 4 is 22.5 Å². The molecule has 138 valence electrons. The van der Waals surface area contributed by atoms with E-state index in [-0.39, 0.29) is 0 Å². The van der Waals surface area contributed by atoms with Crippen LogP contribution in [0.2, 0.25) is 0 Å². The third-order valence-electron chi connectivity index (χ3n) is 4.64. The minimum absolute atomic E-state index is 0.356. The molecule has 0 saturated heterocycles. The number of imidazole rings is 1. The molecule has 0 aliphatic heterocycles. The molecule has 0 amide bonds. The van der Waals surface area contributed by atoms with Crippen LogP contribution in [0.4, 0.5) is 11.5 Å². The first-order valence-electron chi connectivity index (χ1n) is 8.71. The first kappa shape index (κ1) is 17.5. The van der Waals surface area contributed by atoms with Gasteiger partial charge in [-0.05, 0) is 31.2 Å². The van der Waals surface area contributed by atoms with Crippen molar-refractivity contribution in [2.75, 3.05) is 11.9 Å². The second-order valence-corrected chi connectivity index (χ2v) is 6.44. The Morgan fingerprint density at radius 3 is 2.71 bits per heavy atom. The van der Waals surface area contributed by atoms with E-state index in [0.29, 0.717) is 11.4 Å². The number of pyridine rings is 2. The Balaban J connectivity index is 1.66. The lowest BCUT2D eigenvalue weighted by Gasteiger charge is -2.22. The van der Waals surface area contributed by atoms with Crippen LogP contribution < -0.4 is 9.64 Å². The van der Waals surface area contributed by atoms with Gasteiger partial charge in [0.15, 0.2) is 0 Å². The second kappa shape index (κ2) is 7.00. The largest absolute Gasteiger partial charge is 0.455 e. The van der Waals surface area contributed by atoms with Crippen LogP contribution in [0.5, 0.6) is 11.5 Å². The van der Waals surface area contributed by atoms with Crippen LogP contribution in [0.3, 0.4) is 0 Å². The van der Waals surface area contributed by atoms with Gasteiger partial charge in [0.05, 0.1) is 24.2 Å². The van der Waals surface area contributed by atoms with Crippen molar-refractivity contribution in [1.29, 1.82) is 5.26 Å². The van der Waals surface area contributed by atoms with Crippen LogP contribution >= 0.6 is 0 Å². The molecule has 0 unspecified atom stereocenters. The Bertz CT molecular complexity index is 1190. The van der Waals surface area contributed by atoms with Crippen LogP contribution in [0.15, 0.2) is 55.1 Å². The fourth-order valence-corrected chi connectivity index (χ4v) is 3.04. The fraction of sp³-hybridized carbons (Fsp3) is 0.143. The Labute approximate surface area is 162 Å². The van der Waals surface area contributed by atoms with E-state index < -0.39 is 0 Å². The summed E-state index contributed by atoms with van der Waals surface area (Å²) in [7, 11) is 3.93. The minimum atomic E-state index is 0.356. The summed E-state index contributed by atoms with van der Waals surface area (Å²) < 4.78 is 7.95. The smallest absolute Gasteiger partial charge is 0.145 e. The summed E-state index contributed by atoms with van der Waals surface area (Å²) in [5.41, 5.74) is 4.19. The molecule has 0 atom stereocenters. The van der Waals surface area contributed by atoms with E-state index in [1.807, 2.05) is 60.8 Å². The lowest BCUT2D eigenvalue weighted by atomic mass is 10.1. The molecule has 4 aromatic rings. The van der Waals surface area contributed by atoms with Crippen molar-refractivity contribution in [3.8, 4) is 17.6 Å². The van der Waals surface area contributed by atoms with Crippen molar-refractivity contribution in [2.24, 2.45) is 7.05 Å². The van der Waals surface area contributed by atoms with Gasteiger partial charge in [0, 0.05) is 31.4 Å². The zero-order valence-corrected chi connectivity index (χ0v) is 15.8. The highest BCUT2D eigenvalue weighted by Gasteiger charge is 2.14. The molecule has 0 radical (unpaired) electrons. The number of aromatic nitrogens is 4. The maximum atomic E-state index is 8.87. The van der Waals surface area contributed by atoms with Crippen LogP contribution in [0.25, 0.3) is 11.0 Å². The number of ether oxygens (including phenoxy) is 1. The number of anilines is 2. The Morgan fingerprint density at radius 1 is 1.11 bits per heavy atom. The standard InChI is InChI=1S/C21H18N6O/c1-14-18(27(3)21-9-19-17(12-24-21)25-13-26(19)2)5-4-6-20(14)28-16-8-7-15(10-22)23-11-16/h4-9,11-13H,1-3H3. The SMILES string of the molecule is Cc1c(Oc2ccc(C#N)nc2)cccc1N(C)c1cc2c(cn1)ncn2C. The number of nitrogens with zero attached hydrogens (tertiary/aromatic N) is 6. The van der Waals surface area contributed by atoms with Gasteiger partial charge in [-0.3, -0.25) is 0 Å². The Hall–Kier alpha value is -3.92. The van der Waals surface area contributed by atoms with Crippen molar-refractivity contribution in [1.82, 2.24) is 19.5 Å². The van der Waals surface area contributed by atoms with Crippen LogP contribution in [0, 0.1) is 18.3 Å². The summed E-state index contributed by atoms with van der Waals surface area (Å²) in [6, 6.07) is 13.2. The summed E-state index contributed by atoms with van der Waals surface area (Å²) in [4.78, 5) is 14.9. The molecule has 3 aromatic heterocycles. The molecular weight excluding hydrogens is 352 g/mol. The molecule has 4 rings (SSSR count). The summed E-state index contributed by atoms with van der Waals surface area (Å²) in [5, 5.41) is 8.87. The van der Waals surface area contributed by atoms with E-state index in [1.165, 1.54) is 0 Å². The molecule has 0 N–H and O–H groups in total. The van der Waals surface area contributed by atoms with Crippen molar-refractivity contribution in [3.05, 3.63) is 66.4 Å². The topological polar surface area (TPSA) is 79.9 Å². The quantitative estimate of drug-likeness (QED) is 0.538. The highest BCUT2D eigenvalue weighted by atomic mass is 16.5. The molecule has 0 saturated carbocycles. The molecule has 3 heterocycles. The van der Waals surface area contributed by atoms with Gasteiger partial charge < -0.3 is 14.2 Å². The Kier molecular flexibility index (Phi) is 4.38. The van der Waals surface area contributed by atoms with Gasteiger partial charge in [0.25, 0.3) is 0 Å². The number of fused-ring (bicyclic) bond motifs is 1. The number of benzene rings is 1. The first-order valence-corrected chi connectivity index (χ1v) is 8.71. The predicted octanol–water partition coefficient (Wildman–Crippen LogP) is 4.10. The molecule has 0 bridgehead atoms. The van der Waals surface area contributed by atoms with E-state index >= 15 is 0 Å². The molecule has 7 nitrogen and oxygen atoms in total. The van der Waals surface area contributed by atoms with E-state index in [4.69, 9.17) is 10.00 Å². The normalized spacial score (nSPS) is 10.6. The van der Waals surface area contributed by atoms with Gasteiger partial charge in [-0.2, -0.15) is 5.26 Å². The average molecular weight is 370 g/mol. The molecule has 0 fully saturated rings. The lowest BCUT2D eigenvalue weighted by molar-refractivity contribution is 0.476. The fourth-order valence-electron chi connectivity index (χ4n) is 3.04. The highest BCUT2D eigenvalue weighted by Crippen LogP contribution is 2.34. The van der Waals surface area contributed by atoms with E-state index in [2.05, 4.69) is 15.0 Å². The van der Waals surface area contributed by atoms with Crippen LogP contribution in [-0.2, 0) is 7.05 Å². The lowest BCUT2D eigenvalue weighted by Crippen LogP contribution is -2.13. The van der Waals surface area contributed by atoms with E-state index in [1.54, 1.807) is 30.9 Å². The van der Waals surface area contributed by atoms with Crippen molar-refractivity contribution in [2.45, 2.75) is 6.92 Å². The zero-order chi connectivity index (χ0) is 19.7. The average Bonchev–Trinajstić information content (AvgIpc) is 3.10. The first-order chi connectivity index (χ1) is 13.6. The summed E-state index contributed by atoms with van der Waals surface area (Å²) >= 11 is 0. The zero-order valence-electron chi connectivity index (χ0n) is 15.8. The molecule has 0 spiro atoms. The van der Waals surface area contributed by atoms with Crippen molar-refractivity contribution in [3.63, 3.8) is 0 Å². The molecule has 0 aliphatic carbocycles. The molecule has 28 heavy (non-hydrogen) atoms. The number of hydrogen-bond donors (Lipinski definition) is 0. The number of rotatable bonds is 4. The summed E-state index contributed by atoms with van der Waals surface area (Å²) in [6.45, 7) is 2.00. The van der Waals surface area contributed by atoms with Gasteiger partial charge in [-0.1, -0.05) is 6.07 Å². The molecule has 1 aromatic carbocycles. The van der Waals surface area contributed by atoms with Gasteiger partial charge in [0.1, 0.15) is 34.6 Å². The molecule has 0 aliphatic rings. The van der Waals surface area contributed by atoms with Crippen molar-refractivity contribution < 1.29 is 4.74 Å². The van der Waals surface area contributed by atoms with Gasteiger partial charge in [-0.25, -0.2) is 15.0 Å². The second-order valence-electron chi connectivity index (χ2n) is 6.44. The van der Waals surface area contributed by atoms with Gasteiger partial charge in [0.2, 0.25) is 0 Å². The van der Waals surface area contributed by atoms with Crippen LogP contribution in [0.1, 0.15) is 11.3 Å². The summed E-state index contributed by atoms with van der Waals surface area (Å²) in [5.74, 6) is 2.12. The highest BCUT2D eigenvalue weighted by molar-refractivity contribution is 5.79. The number of aryl methyl sites for hydroxylation is 1. The minimum Gasteiger partial charge on any atom is -0.455 e. The van der Waals surface area contributed by atoms with E-state index in [9.17, 15) is 0 Å². The monoisotopic (exact) mass is 370 g/mol. The van der Waals surface area contributed by atoms with Crippen LogP contribution in [-0.4, -0.2) is 26.6 Å². The third-order valence-corrected chi connectivity index (χ3v) is 4.64. The van der Waals surface area contributed by atoms with Gasteiger partial charge in [-0.15, -0.1) is 0 Å². The third kappa shape index (κ3) is 3.12. The maximum Gasteiger partial charge on any atom is 0.145 e. The molecular formula is C21H18N6O. The Morgan fingerprint density at radius 2 is 1.96 bits per heavy atom. The number of nitriles is 1. The van der Waals surface area contributed by atoms with Gasteiger partial charge >= 0.3 is 0 Å². The number of hydrogen-bond acceptors (Lipinski definition) is 6. The summed E-state index contributed by atoms with van der Waals surface area (Å²) in [6.07, 6.45) is 5.10.